The van der Waals surface area contributed by atoms with Crippen molar-refractivity contribution in [2.75, 3.05) is 11.8 Å². The first kappa shape index (κ1) is 11.1. The normalized spacial score (nSPS) is 11.4. The maximum atomic E-state index is 11.6. The number of halogens is 5. The molecule has 0 bridgehead atoms. The lowest BCUT2D eigenvalue weighted by atomic mass is 10.2. The molecule has 0 atom stereocenters. The molecule has 0 nitrogen and oxygen atoms in total. The minimum Gasteiger partial charge on any atom is -0.171 e. The van der Waals surface area contributed by atoms with E-state index in [1.54, 1.807) is 0 Å². The summed E-state index contributed by atoms with van der Waals surface area (Å²) in [6.07, 6.45) is -4.11. The van der Waals surface area contributed by atoms with Crippen LogP contribution in [0.3, 0.4) is 0 Å². The highest BCUT2D eigenvalue weighted by molar-refractivity contribution is 6.23. The minimum atomic E-state index is -4.16. The van der Waals surface area contributed by atoms with Crippen LogP contribution in [0.5, 0.6) is 0 Å². The Morgan fingerprint density at radius 1 is 1.18 bits per heavy atom. The third-order valence-corrected chi connectivity index (χ3v) is 1.65. The Balaban J connectivity index is 3.89. The highest BCUT2D eigenvalue weighted by atomic mass is 35.5. The summed E-state index contributed by atoms with van der Waals surface area (Å²) in [6, 6.07) is 0. The number of rotatable bonds is 3. The minimum absolute atomic E-state index is 0.0551. The second-order valence-corrected chi connectivity index (χ2v) is 2.48. The monoisotopic (exact) mass is 206 g/mol. The van der Waals surface area contributed by atoms with Crippen LogP contribution in [0.15, 0.2) is 11.6 Å². The molecular weight excluding hydrogens is 200 g/mol. The number of hydrogen-bond donors (Lipinski definition) is 0. The Morgan fingerprint density at radius 2 is 1.64 bits per heavy atom. The van der Waals surface area contributed by atoms with E-state index in [-0.39, 0.29) is 11.8 Å². The van der Waals surface area contributed by atoms with Gasteiger partial charge in [0.25, 0.3) is 0 Å². The molecule has 0 fully saturated rings. The zero-order valence-corrected chi connectivity index (χ0v) is 7.10. The van der Waals surface area contributed by atoms with Gasteiger partial charge < -0.3 is 0 Å². The van der Waals surface area contributed by atoms with Gasteiger partial charge in [0, 0.05) is 11.8 Å². The Bertz CT molecular complexity index is 133. The third kappa shape index (κ3) is 6.51. The summed E-state index contributed by atoms with van der Waals surface area (Å²) in [5.74, 6) is 0.110. The van der Waals surface area contributed by atoms with E-state index in [9.17, 15) is 13.2 Å². The van der Waals surface area contributed by atoms with Gasteiger partial charge in [-0.1, -0.05) is 6.08 Å². The number of alkyl halides is 5. The lowest BCUT2D eigenvalue weighted by molar-refractivity contribution is -0.125. The van der Waals surface area contributed by atoms with Crippen LogP contribution in [0.25, 0.3) is 0 Å². The van der Waals surface area contributed by atoms with E-state index in [0.717, 1.165) is 6.08 Å². The zero-order valence-electron chi connectivity index (χ0n) is 5.59. The summed E-state index contributed by atoms with van der Waals surface area (Å²) >= 11 is 10.6. The van der Waals surface area contributed by atoms with Crippen molar-refractivity contribution >= 4 is 23.2 Å². The van der Waals surface area contributed by atoms with Crippen molar-refractivity contribution in [1.82, 2.24) is 0 Å². The molecule has 0 saturated carbocycles. The molecule has 0 aliphatic heterocycles. The van der Waals surface area contributed by atoms with Gasteiger partial charge in [-0.3, -0.25) is 0 Å². The van der Waals surface area contributed by atoms with Crippen molar-refractivity contribution in [3.63, 3.8) is 0 Å². The maximum absolute atomic E-state index is 11.6. The van der Waals surface area contributed by atoms with Crippen LogP contribution in [0.1, 0.15) is 6.42 Å². The van der Waals surface area contributed by atoms with Gasteiger partial charge in [-0.25, -0.2) is 0 Å². The molecule has 5 heteroatoms. The molecule has 0 rings (SSSR count). The zero-order chi connectivity index (χ0) is 8.91. The van der Waals surface area contributed by atoms with Crippen LogP contribution in [-0.2, 0) is 0 Å². The molecule has 66 valence electrons. The first-order valence-electron chi connectivity index (χ1n) is 2.86. The van der Waals surface area contributed by atoms with E-state index >= 15 is 0 Å². The molecule has 0 aromatic carbocycles. The largest absolute Gasteiger partial charge is 0.392 e. The topological polar surface area (TPSA) is 0 Å². The summed E-state index contributed by atoms with van der Waals surface area (Å²) in [7, 11) is 0. The van der Waals surface area contributed by atoms with E-state index in [0.29, 0.717) is 5.57 Å². The Hall–Kier alpha value is 0.110. The van der Waals surface area contributed by atoms with E-state index in [1.807, 2.05) is 0 Å². The smallest absolute Gasteiger partial charge is 0.171 e. The molecule has 0 aromatic heterocycles. The van der Waals surface area contributed by atoms with Crippen LogP contribution in [0.4, 0.5) is 13.2 Å². The van der Waals surface area contributed by atoms with Gasteiger partial charge in [-0.05, 0) is 5.57 Å². The van der Waals surface area contributed by atoms with Crippen molar-refractivity contribution in [2.24, 2.45) is 0 Å². The van der Waals surface area contributed by atoms with Crippen LogP contribution in [-0.4, -0.2) is 17.9 Å². The molecule has 0 aliphatic carbocycles. The summed E-state index contributed by atoms with van der Waals surface area (Å²) in [5.41, 5.74) is 0.408. The summed E-state index contributed by atoms with van der Waals surface area (Å²) in [6.45, 7) is 0. The van der Waals surface area contributed by atoms with Gasteiger partial charge >= 0.3 is 6.18 Å². The first-order chi connectivity index (χ1) is 4.99. The van der Waals surface area contributed by atoms with E-state index in [2.05, 4.69) is 0 Å². The molecule has 0 radical (unpaired) electrons. The molecule has 0 saturated heterocycles. The molecule has 0 aliphatic rings. The lowest BCUT2D eigenvalue weighted by Gasteiger charge is -2.02. The van der Waals surface area contributed by atoms with Crippen LogP contribution in [0.2, 0.25) is 0 Å². The van der Waals surface area contributed by atoms with Crippen LogP contribution >= 0.6 is 23.2 Å². The molecule has 0 aromatic rings. The van der Waals surface area contributed by atoms with Crippen molar-refractivity contribution in [3.8, 4) is 0 Å². The third-order valence-electron chi connectivity index (χ3n) is 0.965. The molecule has 0 amide bonds. The number of allylic oxidation sites excluding steroid dienone is 2. The maximum Gasteiger partial charge on any atom is 0.392 e. The van der Waals surface area contributed by atoms with Crippen molar-refractivity contribution in [3.05, 3.63) is 11.6 Å². The Morgan fingerprint density at radius 3 is 1.91 bits per heavy atom. The fraction of sp³-hybridized carbons (Fsp3) is 0.667. The van der Waals surface area contributed by atoms with Crippen molar-refractivity contribution < 1.29 is 13.2 Å². The summed E-state index contributed by atoms with van der Waals surface area (Å²) < 4.78 is 34.7. The second-order valence-electron chi connectivity index (χ2n) is 1.95. The molecule has 0 unspecified atom stereocenters. The Kier molecular flexibility index (Phi) is 4.93. The average Bonchev–Trinajstić information content (AvgIpc) is 1.88. The quantitative estimate of drug-likeness (QED) is 0.491. The SMILES string of the molecule is FC(F)(F)CC=C(CCl)CCl. The van der Waals surface area contributed by atoms with Gasteiger partial charge in [0.15, 0.2) is 0 Å². The average molecular weight is 207 g/mol. The molecule has 11 heavy (non-hydrogen) atoms. The van der Waals surface area contributed by atoms with Crippen LogP contribution < -0.4 is 0 Å². The van der Waals surface area contributed by atoms with Gasteiger partial charge in [-0.2, -0.15) is 13.2 Å². The van der Waals surface area contributed by atoms with E-state index < -0.39 is 12.6 Å². The lowest BCUT2D eigenvalue weighted by Crippen LogP contribution is -2.05. The van der Waals surface area contributed by atoms with Gasteiger partial charge in [-0.15, -0.1) is 23.2 Å². The summed E-state index contributed by atoms with van der Waals surface area (Å²) in [4.78, 5) is 0. The fourth-order valence-corrected chi connectivity index (χ4v) is 0.909. The van der Waals surface area contributed by atoms with Gasteiger partial charge in [0.2, 0.25) is 0 Å². The second kappa shape index (κ2) is 4.88. The van der Waals surface area contributed by atoms with Crippen molar-refractivity contribution in [2.45, 2.75) is 12.6 Å². The van der Waals surface area contributed by atoms with Gasteiger partial charge in [0.1, 0.15) is 0 Å². The molecular formula is C6H7Cl2F3. The predicted octanol–water partition coefficient (Wildman–Crippen LogP) is 3.34. The molecule has 0 heterocycles. The first-order valence-corrected chi connectivity index (χ1v) is 3.93. The van der Waals surface area contributed by atoms with Crippen LogP contribution in [0, 0.1) is 0 Å². The van der Waals surface area contributed by atoms with Crippen molar-refractivity contribution in [1.29, 1.82) is 0 Å². The van der Waals surface area contributed by atoms with E-state index in [1.165, 1.54) is 0 Å². The predicted molar refractivity (Wildman–Crippen MR) is 40.2 cm³/mol. The molecule has 0 N–H and O–H groups in total. The van der Waals surface area contributed by atoms with Gasteiger partial charge in [0.05, 0.1) is 6.42 Å². The number of hydrogen-bond acceptors (Lipinski definition) is 0. The fourth-order valence-electron chi connectivity index (χ4n) is 0.405. The Labute approximate surface area is 73.0 Å². The summed E-state index contributed by atoms with van der Waals surface area (Å²) in [5, 5.41) is 0. The standard InChI is InChI=1S/C6H7Cl2F3/c7-3-5(4-8)1-2-6(9,10)11/h1H,2-4H2. The molecule has 0 spiro atoms. The highest BCUT2D eigenvalue weighted by Gasteiger charge is 2.25. The highest BCUT2D eigenvalue weighted by Crippen LogP contribution is 2.21. The van der Waals surface area contributed by atoms with E-state index in [4.69, 9.17) is 23.2 Å².